The minimum Gasteiger partial charge on any atom is -0.375 e. The van der Waals surface area contributed by atoms with E-state index in [1.54, 1.807) is 0 Å². The molecule has 0 spiro atoms. The zero-order chi connectivity index (χ0) is 15.2. The smallest absolute Gasteiger partial charge is 0.178 e. The highest BCUT2D eigenvalue weighted by atomic mass is 35.5. The molecule has 0 atom stereocenters. The van der Waals surface area contributed by atoms with Crippen LogP contribution in [0.25, 0.3) is 0 Å². The average Bonchev–Trinajstić information content (AvgIpc) is 2.44. The molecule has 2 rings (SSSR count). The molecule has 0 saturated heterocycles. The van der Waals surface area contributed by atoms with Crippen LogP contribution in [0.2, 0.25) is 10.0 Å². The number of halogens is 2. The Bertz CT molecular complexity index is 548. The fraction of sp³-hybridized carbons (Fsp3) is 0.357. The van der Waals surface area contributed by atoms with E-state index in [0.29, 0.717) is 16.6 Å². The number of rotatable bonds is 5. The number of benzene rings is 1. The second kappa shape index (κ2) is 7.84. The Morgan fingerprint density at radius 1 is 1.33 bits per heavy atom. The van der Waals surface area contributed by atoms with Gasteiger partial charge in [0.2, 0.25) is 0 Å². The van der Waals surface area contributed by atoms with Gasteiger partial charge in [-0.05, 0) is 42.8 Å². The van der Waals surface area contributed by atoms with Crippen LogP contribution >= 0.6 is 35.4 Å². The molecule has 0 bridgehead atoms. The normalized spacial score (nSPS) is 14.8. The molecule has 0 unspecified atom stereocenters. The third-order valence-corrected chi connectivity index (χ3v) is 4.10. The van der Waals surface area contributed by atoms with Gasteiger partial charge in [-0.15, -0.1) is 0 Å². The van der Waals surface area contributed by atoms with E-state index in [-0.39, 0.29) is 5.11 Å². The lowest BCUT2D eigenvalue weighted by Gasteiger charge is -2.31. The first kappa shape index (κ1) is 16.4. The van der Waals surface area contributed by atoms with Crippen LogP contribution in [0.4, 0.5) is 0 Å². The fourth-order valence-electron chi connectivity index (χ4n) is 2.27. The van der Waals surface area contributed by atoms with Crippen LogP contribution in [0, 0.1) is 0 Å². The van der Waals surface area contributed by atoms with Crippen molar-refractivity contribution >= 4 is 40.5 Å². The van der Waals surface area contributed by atoms with Gasteiger partial charge >= 0.3 is 0 Å². The predicted molar refractivity (Wildman–Crippen MR) is 92.1 cm³/mol. The van der Waals surface area contributed by atoms with Gasteiger partial charge in [0.15, 0.2) is 5.11 Å². The molecule has 0 radical (unpaired) electrons. The van der Waals surface area contributed by atoms with Crippen molar-refractivity contribution in [2.45, 2.75) is 19.4 Å². The van der Waals surface area contributed by atoms with Gasteiger partial charge < -0.3 is 10.6 Å². The second-order valence-corrected chi connectivity index (χ2v) is 6.10. The fourth-order valence-corrected chi connectivity index (χ4v) is 2.66. The van der Waals surface area contributed by atoms with Crippen LogP contribution in [0.3, 0.4) is 0 Å². The van der Waals surface area contributed by atoms with Gasteiger partial charge in [0.25, 0.3) is 0 Å². The van der Waals surface area contributed by atoms with Crippen molar-refractivity contribution in [1.29, 1.82) is 0 Å². The molecule has 0 saturated carbocycles. The third-order valence-electron chi connectivity index (χ3n) is 3.26. The molecule has 1 aromatic carbocycles. The first-order valence-corrected chi connectivity index (χ1v) is 7.89. The lowest BCUT2D eigenvalue weighted by molar-refractivity contribution is 0.304. The molecule has 0 fully saturated rings. The van der Waals surface area contributed by atoms with Crippen LogP contribution in [0.1, 0.15) is 18.4 Å². The van der Waals surface area contributed by atoms with Gasteiger partial charge in [0.05, 0.1) is 16.6 Å². The summed E-state index contributed by atoms with van der Waals surface area (Å²) < 4.78 is 0. The molecule has 1 aromatic rings. The zero-order valence-electron chi connectivity index (χ0n) is 11.5. The highest BCUT2D eigenvalue weighted by Gasteiger charge is 2.14. The zero-order valence-corrected chi connectivity index (χ0v) is 13.9. The number of allylic oxidation sites excluding steroid dienone is 1. The molecule has 7 heteroatoms. The van der Waals surface area contributed by atoms with E-state index in [1.807, 2.05) is 18.2 Å². The van der Waals surface area contributed by atoms with E-state index < -0.39 is 0 Å². The molecule has 0 aliphatic carbocycles. The van der Waals surface area contributed by atoms with Gasteiger partial charge in [-0.1, -0.05) is 35.3 Å². The third kappa shape index (κ3) is 5.04. The van der Waals surface area contributed by atoms with E-state index >= 15 is 0 Å². The van der Waals surface area contributed by atoms with Gasteiger partial charge in [0.1, 0.15) is 0 Å². The highest BCUT2D eigenvalue weighted by Crippen LogP contribution is 2.25. The average molecular weight is 345 g/mol. The lowest BCUT2D eigenvalue weighted by Crippen LogP contribution is -2.44. The van der Waals surface area contributed by atoms with E-state index in [2.05, 4.69) is 21.8 Å². The number of hydrazine groups is 1. The number of hydrogen-bond acceptors (Lipinski definition) is 3. The predicted octanol–water partition coefficient (Wildman–Crippen LogP) is 2.81. The Morgan fingerprint density at radius 3 is 2.86 bits per heavy atom. The largest absolute Gasteiger partial charge is 0.375 e. The molecule has 0 aromatic heterocycles. The van der Waals surface area contributed by atoms with Gasteiger partial charge in [-0.3, -0.25) is 5.43 Å². The maximum absolute atomic E-state index is 6.07. The second-order valence-electron chi connectivity index (χ2n) is 4.85. The van der Waals surface area contributed by atoms with Crippen molar-refractivity contribution in [2.75, 3.05) is 13.1 Å². The van der Waals surface area contributed by atoms with Crippen molar-refractivity contribution < 1.29 is 0 Å². The van der Waals surface area contributed by atoms with Gasteiger partial charge in [0, 0.05) is 18.8 Å². The van der Waals surface area contributed by atoms with Crippen molar-refractivity contribution in [3.63, 3.8) is 0 Å². The summed E-state index contributed by atoms with van der Waals surface area (Å²) in [6.45, 7) is 2.48. The minimum atomic E-state index is 0.238. The van der Waals surface area contributed by atoms with Crippen LogP contribution < -0.4 is 16.6 Å². The monoisotopic (exact) mass is 344 g/mol. The maximum atomic E-state index is 6.07. The lowest BCUT2D eigenvalue weighted by atomic mass is 10.1. The first-order valence-electron chi connectivity index (χ1n) is 6.72. The number of thiocarbonyl (C=S) groups is 1. The Hall–Kier alpha value is -1.01. The summed E-state index contributed by atoms with van der Waals surface area (Å²) in [6, 6.07) is 5.75. The number of hydrogen-bond donors (Lipinski definition) is 3. The molecule has 1 aliphatic rings. The molecular formula is C14H18Cl2N4S. The summed E-state index contributed by atoms with van der Waals surface area (Å²) in [5, 5.41) is 1.41. The molecule has 4 N–H and O–H groups in total. The molecule has 4 nitrogen and oxygen atoms in total. The molecular weight excluding hydrogens is 327 g/mol. The molecule has 1 heterocycles. The van der Waals surface area contributed by atoms with Crippen molar-refractivity contribution in [3.05, 3.63) is 45.6 Å². The first-order chi connectivity index (χ1) is 10.1. The molecule has 114 valence electrons. The quantitative estimate of drug-likeness (QED) is 0.566. The summed E-state index contributed by atoms with van der Waals surface area (Å²) in [4.78, 5) is 2.32. The number of nitrogens with one attached hydrogen (secondary N) is 2. The molecule has 1 aliphatic heterocycles. The Labute approximate surface area is 140 Å². The maximum Gasteiger partial charge on any atom is 0.178 e. The summed E-state index contributed by atoms with van der Waals surface area (Å²) in [6.07, 6.45) is 4.46. The van der Waals surface area contributed by atoms with Crippen LogP contribution in [-0.4, -0.2) is 23.1 Å². The SMILES string of the molecule is NC(=S)NNCC1=CCCCN1Cc1ccc(Cl)c(Cl)c1. The van der Waals surface area contributed by atoms with E-state index in [4.69, 9.17) is 41.2 Å². The summed E-state index contributed by atoms with van der Waals surface area (Å²) in [7, 11) is 0. The minimum absolute atomic E-state index is 0.238. The highest BCUT2D eigenvalue weighted by molar-refractivity contribution is 7.80. The summed E-state index contributed by atoms with van der Waals surface area (Å²) in [5.41, 5.74) is 13.5. The number of nitrogens with two attached hydrogens (primary N) is 1. The van der Waals surface area contributed by atoms with Crippen molar-refractivity contribution in [2.24, 2.45) is 5.73 Å². The van der Waals surface area contributed by atoms with Crippen LogP contribution in [0.5, 0.6) is 0 Å². The van der Waals surface area contributed by atoms with Crippen molar-refractivity contribution in [3.8, 4) is 0 Å². The molecule has 0 amide bonds. The Morgan fingerprint density at radius 2 is 2.14 bits per heavy atom. The van der Waals surface area contributed by atoms with E-state index in [9.17, 15) is 0 Å². The molecule has 21 heavy (non-hydrogen) atoms. The topological polar surface area (TPSA) is 53.3 Å². The van der Waals surface area contributed by atoms with E-state index in [0.717, 1.165) is 31.5 Å². The number of nitrogens with zero attached hydrogens (tertiary/aromatic N) is 1. The summed E-state index contributed by atoms with van der Waals surface area (Å²) in [5.74, 6) is 0. The Kier molecular flexibility index (Phi) is 6.11. The Balaban J connectivity index is 1.99. The standard InChI is InChI=1S/C14H18Cl2N4S/c15-12-5-4-10(7-13(12)16)9-20-6-2-1-3-11(20)8-18-19-14(17)21/h3-5,7,18H,1-2,6,8-9H2,(H3,17,19,21). The van der Waals surface area contributed by atoms with E-state index in [1.165, 1.54) is 5.70 Å². The van der Waals surface area contributed by atoms with Crippen LogP contribution in [0.15, 0.2) is 30.0 Å². The van der Waals surface area contributed by atoms with Gasteiger partial charge in [-0.2, -0.15) is 0 Å². The van der Waals surface area contributed by atoms with Crippen molar-refractivity contribution in [1.82, 2.24) is 15.8 Å². The van der Waals surface area contributed by atoms with Gasteiger partial charge in [-0.25, -0.2) is 5.43 Å². The summed E-state index contributed by atoms with van der Waals surface area (Å²) >= 11 is 16.8. The van der Waals surface area contributed by atoms with Crippen LogP contribution in [-0.2, 0) is 6.54 Å².